The van der Waals surface area contributed by atoms with Crippen molar-refractivity contribution >= 4 is 5.91 Å². The van der Waals surface area contributed by atoms with Gasteiger partial charge in [0.1, 0.15) is 6.04 Å². The molecule has 0 aliphatic heterocycles. The molecule has 0 spiro atoms. The number of nitrogens with one attached hydrogen (secondary N) is 2. The van der Waals surface area contributed by atoms with Crippen LogP contribution in [0, 0.1) is 0 Å². The second-order valence-electron chi connectivity index (χ2n) is 4.59. The van der Waals surface area contributed by atoms with Crippen molar-refractivity contribution in [1.82, 2.24) is 10.8 Å². The average Bonchev–Trinajstić information content (AvgIpc) is 2.28. The second-order valence-corrected chi connectivity index (χ2v) is 4.59. The third-order valence-electron chi connectivity index (χ3n) is 2.84. The molecule has 0 aromatic heterocycles. The Labute approximate surface area is 104 Å². The van der Waals surface area contributed by atoms with Crippen LogP contribution >= 0.6 is 0 Å². The topological polar surface area (TPSA) is 50.4 Å². The van der Waals surface area contributed by atoms with Crippen molar-refractivity contribution in [3.05, 3.63) is 0 Å². The molecule has 0 aromatic carbocycles. The Balaban J connectivity index is 2.19. The second kappa shape index (κ2) is 6.94. The van der Waals surface area contributed by atoms with E-state index in [1.165, 1.54) is 13.3 Å². The Morgan fingerprint density at radius 2 is 1.94 bits per heavy atom. The van der Waals surface area contributed by atoms with E-state index in [0.29, 0.717) is 0 Å². The largest absolute Gasteiger partial charge is 0.413 e. The van der Waals surface area contributed by atoms with Crippen LogP contribution in [0.2, 0.25) is 0 Å². The normalized spacial score (nSPS) is 19.6. The Kier molecular flexibility index (Phi) is 5.87. The van der Waals surface area contributed by atoms with E-state index in [4.69, 9.17) is 0 Å². The van der Waals surface area contributed by atoms with Crippen molar-refractivity contribution in [3.63, 3.8) is 0 Å². The highest BCUT2D eigenvalue weighted by molar-refractivity contribution is 5.81. The summed E-state index contributed by atoms with van der Waals surface area (Å²) in [5.74, 6) is -0.330. The SMILES string of the molecule is CC(NOCC(F)(F)F)C(=O)NC1CCCCC1. The highest BCUT2D eigenvalue weighted by Gasteiger charge is 2.28. The molecule has 106 valence electrons. The fraction of sp³-hybridized carbons (Fsp3) is 0.909. The lowest BCUT2D eigenvalue weighted by molar-refractivity contribution is -0.193. The third kappa shape index (κ3) is 6.20. The first-order chi connectivity index (χ1) is 8.38. The Bertz CT molecular complexity index is 266. The minimum absolute atomic E-state index is 0.137. The summed E-state index contributed by atoms with van der Waals surface area (Å²) in [6.07, 6.45) is 0.805. The van der Waals surface area contributed by atoms with Gasteiger partial charge in [-0.15, -0.1) is 0 Å². The highest BCUT2D eigenvalue weighted by Crippen LogP contribution is 2.17. The van der Waals surface area contributed by atoms with Crippen LogP contribution in [-0.4, -0.2) is 30.8 Å². The monoisotopic (exact) mass is 268 g/mol. The van der Waals surface area contributed by atoms with Crippen LogP contribution in [0.25, 0.3) is 0 Å². The number of carbonyl (C=O) groups excluding carboxylic acids is 1. The van der Waals surface area contributed by atoms with Gasteiger partial charge < -0.3 is 5.32 Å². The van der Waals surface area contributed by atoms with Gasteiger partial charge in [-0.3, -0.25) is 9.63 Å². The smallest absolute Gasteiger partial charge is 0.352 e. The molecule has 1 amide bonds. The molecule has 1 aliphatic carbocycles. The maximum Gasteiger partial charge on any atom is 0.413 e. The van der Waals surface area contributed by atoms with Crippen molar-refractivity contribution in [2.24, 2.45) is 0 Å². The van der Waals surface area contributed by atoms with Crippen LogP contribution in [0.1, 0.15) is 39.0 Å². The maximum atomic E-state index is 11.8. The number of rotatable bonds is 5. The molecular formula is C11H19F3N2O2. The van der Waals surface area contributed by atoms with Gasteiger partial charge in [0.05, 0.1) is 0 Å². The Morgan fingerprint density at radius 1 is 1.33 bits per heavy atom. The van der Waals surface area contributed by atoms with Crippen molar-refractivity contribution in [2.45, 2.75) is 57.3 Å². The number of hydroxylamine groups is 1. The predicted molar refractivity (Wildman–Crippen MR) is 59.6 cm³/mol. The molecule has 7 heteroatoms. The summed E-state index contributed by atoms with van der Waals surface area (Å²) < 4.78 is 35.4. The van der Waals surface area contributed by atoms with E-state index in [0.717, 1.165) is 25.7 Å². The van der Waals surface area contributed by atoms with Gasteiger partial charge in [-0.1, -0.05) is 19.3 Å². The van der Waals surface area contributed by atoms with Gasteiger partial charge in [0.25, 0.3) is 0 Å². The van der Waals surface area contributed by atoms with Gasteiger partial charge in [-0.2, -0.15) is 18.7 Å². The van der Waals surface area contributed by atoms with Gasteiger partial charge in [0, 0.05) is 6.04 Å². The van der Waals surface area contributed by atoms with Gasteiger partial charge in [-0.05, 0) is 19.8 Å². The lowest BCUT2D eigenvalue weighted by Gasteiger charge is -2.24. The zero-order chi connectivity index (χ0) is 13.6. The summed E-state index contributed by atoms with van der Waals surface area (Å²) in [7, 11) is 0. The fourth-order valence-corrected chi connectivity index (χ4v) is 1.88. The lowest BCUT2D eigenvalue weighted by Crippen LogP contribution is -2.47. The van der Waals surface area contributed by atoms with E-state index in [1.807, 2.05) is 0 Å². The van der Waals surface area contributed by atoms with E-state index in [1.54, 1.807) is 0 Å². The standard InChI is InChI=1S/C11H19F3N2O2/c1-8(16-18-7-11(12,13)14)10(17)15-9-5-3-2-4-6-9/h8-9,16H,2-7H2,1H3,(H,15,17). The van der Waals surface area contributed by atoms with E-state index in [2.05, 4.69) is 15.6 Å². The molecule has 1 aliphatic rings. The molecule has 1 rings (SSSR count). The van der Waals surface area contributed by atoms with Gasteiger partial charge >= 0.3 is 6.18 Å². The average molecular weight is 268 g/mol. The number of halogens is 3. The van der Waals surface area contributed by atoms with Crippen molar-refractivity contribution in [3.8, 4) is 0 Å². The molecule has 0 radical (unpaired) electrons. The Hall–Kier alpha value is -0.820. The first-order valence-corrected chi connectivity index (χ1v) is 6.13. The molecule has 1 atom stereocenters. The number of amides is 1. The van der Waals surface area contributed by atoms with E-state index in [-0.39, 0.29) is 11.9 Å². The number of hydrogen-bond acceptors (Lipinski definition) is 3. The van der Waals surface area contributed by atoms with E-state index < -0.39 is 18.8 Å². The minimum atomic E-state index is -4.40. The summed E-state index contributed by atoms with van der Waals surface area (Å²) in [5.41, 5.74) is 2.10. The molecule has 4 nitrogen and oxygen atoms in total. The van der Waals surface area contributed by atoms with E-state index >= 15 is 0 Å². The van der Waals surface area contributed by atoms with Gasteiger partial charge in [0.15, 0.2) is 6.61 Å². The summed E-state index contributed by atoms with van der Waals surface area (Å²) in [4.78, 5) is 15.9. The molecule has 0 aromatic rings. The van der Waals surface area contributed by atoms with Crippen LogP contribution in [0.15, 0.2) is 0 Å². The molecule has 1 fully saturated rings. The van der Waals surface area contributed by atoms with Crippen LogP contribution in [0.4, 0.5) is 13.2 Å². The van der Waals surface area contributed by atoms with Gasteiger partial charge in [-0.25, -0.2) is 0 Å². The zero-order valence-electron chi connectivity index (χ0n) is 10.3. The molecule has 18 heavy (non-hydrogen) atoms. The number of carbonyl (C=O) groups is 1. The molecule has 1 saturated carbocycles. The van der Waals surface area contributed by atoms with Crippen LogP contribution < -0.4 is 10.8 Å². The van der Waals surface area contributed by atoms with Crippen LogP contribution in [0.3, 0.4) is 0 Å². The summed E-state index contributed by atoms with van der Waals surface area (Å²) in [6.45, 7) is 0.0581. The molecule has 0 saturated heterocycles. The number of hydrogen-bond donors (Lipinski definition) is 2. The minimum Gasteiger partial charge on any atom is -0.352 e. The van der Waals surface area contributed by atoms with Gasteiger partial charge in [0.2, 0.25) is 5.91 Å². The maximum absolute atomic E-state index is 11.8. The first kappa shape index (κ1) is 15.2. The predicted octanol–water partition coefficient (Wildman–Crippen LogP) is 1.91. The molecular weight excluding hydrogens is 249 g/mol. The summed E-state index contributed by atoms with van der Waals surface area (Å²) in [5, 5.41) is 2.80. The van der Waals surface area contributed by atoms with Crippen LogP contribution in [0.5, 0.6) is 0 Å². The van der Waals surface area contributed by atoms with Crippen LogP contribution in [-0.2, 0) is 9.63 Å². The highest BCUT2D eigenvalue weighted by atomic mass is 19.4. The first-order valence-electron chi connectivity index (χ1n) is 6.13. The quantitative estimate of drug-likeness (QED) is 0.749. The van der Waals surface area contributed by atoms with Crippen molar-refractivity contribution in [1.29, 1.82) is 0 Å². The molecule has 0 bridgehead atoms. The zero-order valence-corrected chi connectivity index (χ0v) is 10.3. The third-order valence-corrected chi connectivity index (χ3v) is 2.84. The Morgan fingerprint density at radius 3 is 2.50 bits per heavy atom. The summed E-state index contributed by atoms with van der Waals surface area (Å²) in [6, 6.07) is -0.660. The number of alkyl halides is 3. The fourth-order valence-electron chi connectivity index (χ4n) is 1.88. The van der Waals surface area contributed by atoms with Crippen molar-refractivity contribution in [2.75, 3.05) is 6.61 Å². The lowest BCUT2D eigenvalue weighted by atomic mass is 9.95. The molecule has 1 unspecified atom stereocenters. The van der Waals surface area contributed by atoms with Crippen molar-refractivity contribution < 1.29 is 22.8 Å². The van der Waals surface area contributed by atoms with E-state index in [9.17, 15) is 18.0 Å². The molecule has 0 heterocycles. The molecule has 2 N–H and O–H groups in total. The summed E-state index contributed by atoms with van der Waals surface area (Å²) >= 11 is 0.